The van der Waals surface area contributed by atoms with E-state index in [1.807, 2.05) is 24.3 Å². The summed E-state index contributed by atoms with van der Waals surface area (Å²) in [6.07, 6.45) is 1.18. The van der Waals surface area contributed by atoms with Crippen LogP contribution in [0.15, 0.2) is 47.7 Å². The maximum Gasteiger partial charge on any atom is 0.341 e. The number of rotatable bonds is 4. The van der Waals surface area contributed by atoms with Gasteiger partial charge in [-0.25, -0.2) is 4.79 Å². The number of Topliss-reactive ketones (excluding diaryl/α,β-unsaturated/α-hetero) is 1. The first-order valence-corrected chi connectivity index (χ1v) is 10.2. The van der Waals surface area contributed by atoms with Crippen LogP contribution in [0.5, 0.6) is 17.2 Å². The van der Waals surface area contributed by atoms with Gasteiger partial charge in [0.25, 0.3) is 0 Å². The maximum absolute atomic E-state index is 13.4. The fourth-order valence-corrected chi connectivity index (χ4v) is 4.72. The summed E-state index contributed by atoms with van der Waals surface area (Å²) in [6, 6.07) is 11.1. The molecule has 0 spiro atoms. The Labute approximate surface area is 179 Å². The number of anilines is 1. The Balaban J connectivity index is 1.70. The molecule has 7 nitrogen and oxygen atoms in total. The van der Waals surface area contributed by atoms with E-state index in [4.69, 9.17) is 19.3 Å². The van der Waals surface area contributed by atoms with Crippen LogP contribution >= 0.6 is 0 Å². The third-order valence-electron chi connectivity index (χ3n) is 5.93. The lowest BCUT2D eigenvalue weighted by atomic mass is 9.68. The molecule has 160 valence electrons. The van der Waals surface area contributed by atoms with Crippen LogP contribution in [0.1, 0.15) is 43.7 Å². The first-order valence-electron chi connectivity index (χ1n) is 10.2. The lowest BCUT2D eigenvalue weighted by Gasteiger charge is -2.39. The number of nitrogens with one attached hydrogen (secondary N) is 1. The van der Waals surface area contributed by atoms with E-state index in [2.05, 4.69) is 19.2 Å². The number of hydrogen-bond donors (Lipinski definition) is 2. The number of para-hydroxylation sites is 1. The molecule has 0 fully saturated rings. The Morgan fingerprint density at radius 2 is 1.90 bits per heavy atom. The van der Waals surface area contributed by atoms with Gasteiger partial charge in [-0.2, -0.15) is 0 Å². The highest BCUT2D eigenvalue weighted by molar-refractivity contribution is 6.02. The molecular weight excluding hydrogens is 398 g/mol. The van der Waals surface area contributed by atoms with Crippen LogP contribution in [0, 0.1) is 5.41 Å². The molecule has 2 heterocycles. The Morgan fingerprint density at radius 1 is 1.16 bits per heavy atom. The largest absolute Gasteiger partial charge is 0.482 e. The summed E-state index contributed by atoms with van der Waals surface area (Å²) in [4.78, 5) is 24.5. The number of fused-ring (bicyclic) bond motifs is 2. The molecule has 0 saturated heterocycles. The van der Waals surface area contributed by atoms with E-state index < -0.39 is 18.5 Å². The number of carboxylic acids is 1. The predicted octanol–water partition coefficient (Wildman–Crippen LogP) is 4.08. The molecule has 2 aromatic carbocycles. The van der Waals surface area contributed by atoms with E-state index >= 15 is 0 Å². The number of carbonyl (C=O) groups excluding carboxylic acids is 1. The lowest BCUT2D eigenvalue weighted by molar-refractivity contribution is -0.139. The van der Waals surface area contributed by atoms with Crippen LogP contribution < -0.4 is 19.5 Å². The number of hydrogen-bond acceptors (Lipinski definition) is 6. The van der Waals surface area contributed by atoms with Gasteiger partial charge in [0.1, 0.15) is 5.75 Å². The Morgan fingerprint density at radius 3 is 2.68 bits per heavy atom. The van der Waals surface area contributed by atoms with Gasteiger partial charge in [-0.15, -0.1) is 0 Å². The highest BCUT2D eigenvalue weighted by Crippen LogP contribution is 2.53. The van der Waals surface area contributed by atoms with Gasteiger partial charge in [0.2, 0.25) is 6.79 Å². The average Bonchev–Trinajstić information content (AvgIpc) is 3.16. The number of ketones is 1. The summed E-state index contributed by atoms with van der Waals surface area (Å²) < 4.78 is 16.8. The van der Waals surface area contributed by atoms with Crippen LogP contribution in [0.4, 0.5) is 5.69 Å². The molecule has 0 radical (unpaired) electrons. The van der Waals surface area contributed by atoms with Crippen molar-refractivity contribution < 1.29 is 28.9 Å². The molecule has 3 aliphatic rings. The van der Waals surface area contributed by atoms with Crippen LogP contribution in [-0.2, 0) is 9.59 Å². The molecule has 2 aromatic rings. The highest BCUT2D eigenvalue weighted by Gasteiger charge is 2.42. The molecule has 0 saturated carbocycles. The third-order valence-corrected chi connectivity index (χ3v) is 5.93. The van der Waals surface area contributed by atoms with Crippen LogP contribution in [-0.4, -0.2) is 30.3 Å². The fraction of sp³-hybridized carbons (Fsp3) is 0.333. The van der Waals surface area contributed by atoms with Gasteiger partial charge in [-0.1, -0.05) is 32.0 Å². The monoisotopic (exact) mass is 421 g/mol. The molecule has 1 atom stereocenters. The van der Waals surface area contributed by atoms with E-state index in [9.17, 15) is 9.59 Å². The number of carbonyl (C=O) groups is 2. The molecule has 31 heavy (non-hydrogen) atoms. The Kier molecular flexibility index (Phi) is 4.43. The number of allylic oxidation sites excluding steroid dienone is 2. The normalized spacial score (nSPS) is 20.6. The summed E-state index contributed by atoms with van der Waals surface area (Å²) in [5, 5.41) is 12.6. The van der Waals surface area contributed by atoms with Crippen LogP contribution in [0.25, 0.3) is 0 Å². The van der Waals surface area contributed by atoms with E-state index in [0.717, 1.165) is 28.9 Å². The zero-order valence-electron chi connectivity index (χ0n) is 17.4. The Bertz CT molecular complexity index is 1130. The van der Waals surface area contributed by atoms with Crippen molar-refractivity contribution in [3.05, 3.63) is 58.8 Å². The van der Waals surface area contributed by atoms with Crippen LogP contribution in [0.2, 0.25) is 0 Å². The molecule has 7 heteroatoms. The number of ether oxygens (including phenoxy) is 3. The topological polar surface area (TPSA) is 94.1 Å². The van der Waals surface area contributed by atoms with E-state index in [0.29, 0.717) is 29.2 Å². The highest BCUT2D eigenvalue weighted by atomic mass is 16.7. The van der Waals surface area contributed by atoms with Gasteiger partial charge in [-0.05, 0) is 29.5 Å². The molecule has 2 N–H and O–H groups in total. The smallest absolute Gasteiger partial charge is 0.341 e. The molecular formula is C24H23NO6. The summed E-state index contributed by atoms with van der Waals surface area (Å²) >= 11 is 0. The van der Waals surface area contributed by atoms with Gasteiger partial charge < -0.3 is 24.6 Å². The fourth-order valence-electron chi connectivity index (χ4n) is 4.72. The summed E-state index contributed by atoms with van der Waals surface area (Å²) in [5.74, 6) is 0.367. The summed E-state index contributed by atoms with van der Waals surface area (Å²) in [5.41, 5.74) is 3.93. The molecule has 0 bridgehead atoms. The second kappa shape index (κ2) is 7.04. The van der Waals surface area contributed by atoms with E-state index in [1.54, 1.807) is 12.1 Å². The first kappa shape index (κ1) is 19.5. The van der Waals surface area contributed by atoms with Crippen molar-refractivity contribution >= 4 is 17.4 Å². The van der Waals surface area contributed by atoms with Crippen molar-refractivity contribution in [1.82, 2.24) is 0 Å². The molecule has 0 amide bonds. The van der Waals surface area contributed by atoms with Gasteiger partial charge in [0.05, 0.1) is 0 Å². The zero-order valence-corrected chi connectivity index (χ0v) is 17.4. The minimum Gasteiger partial charge on any atom is -0.482 e. The van der Waals surface area contributed by atoms with E-state index in [-0.39, 0.29) is 18.0 Å². The SMILES string of the molecule is CC1(C)CC(=O)C2=C(C1)Nc1cc3c(cc1[C@H]2c1ccccc1OCC(=O)O)OCO3. The predicted molar refractivity (Wildman–Crippen MR) is 113 cm³/mol. The summed E-state index contributed by atoms with van der Waals surface area (Å²) in [6.45, 7) is 3.87. The minimum atomic E-state index is -1.06. The van der Waals surface area contributed by atoms with Crippen molar-refractivity contribution in [2.24, 2.45) is 5.41 Å². The minimum absolute atomic E-state index is 0.0834. The van der Waals surface area contributed by atoms with Crippen molar-refractivity contribution in [2.45, 2.75) is 32.6 Å². The standard InChI is InChI=1S/C24H23NO6/c1-24(2)9-16-23(17(26)10-24)22(13-5-3-4-6-18(13)29-11-21(27)28)14-7-19-20(31-12-30-19)8-15(14)25-16/h3-8,22,25H,9-12H2,1-2H3,(H,27,28)/t22-/m1/s1. The zero-order chi connectivity index (χ0) is 21.8. The molecule has 0 unspecified atom stereocenters. The number of carboxylic acid groups (broad SMARTS) is 1. The average molecular weight is 421 g/mol. The first-order chi connectivity index (χ1) is 14.8. The number of aliphatic carboxylic acids is 1. The molecule has 0 aromatic heterocycles. The van der Waals surface area contributed by atoms with Crippen LogP contribution in [0.3, 0.4) is 0 Å². The lowest BCUT2D eigenvalue weighted by Crippen LogP contribution is -2.34. The second-order valence-electron chi connectivity index (χ2n) is 8.90. The van der Waals surface area contributed by atoms with Crippen molar-refractivity contribution in [3.63, 3.8) is 0 Å². The van der Waals surface area contributed by atoms with Gasteiger partial charge in [0.15, 0.2) is 23.9 Å². The quantitative estimate of drug-likeness (QED) is 0.768. The summed E-state index contributed by atoms with van der Waals surface area (Å²) in [7, 11) is 0. The van der Waals surface area contributed by atoms with Crippen molar-refractivity contribution in [3.8, 4) is 17.2 Å². The Hall–Kier alpha value is -3.48. The van der Waals surface area contributed by atoms with Crippen molar-refractivity contribution in [1.29, 1.82) is 0 Å². The second-order valence-corrected chi connectivity index (χ2v) is 8.90. The van der Waals surface area contributed by atoms with Gasteiger partial charge in [-0.3, -0.25) is 4.79 Å². The molecule has 1 aliphatic carbocycles. The van der Waals surface area contributed by atoms with E-state index in [1.165, 1.54) is 0 Å². The number of benzene rings is 2. The maximum atomic E-state index is 13.4. The van der Waals surface area contributed by atoms with Gasteiger partial charge in [0, 0.05) is 40.9 Å². The molecule has 2 aliphatic heterocycles. The molecule has 5 rings (SSSR count). The third kappa shape index (κ3) is 3.40. The van der Waals surface area contributed by atoms with Gasteiger partial charge >= 0.3 is 5.97 Å². The van der Waals surface area contributed by atoms with Crippen molar-refractivity contribution in [2.75, 3.05) is 18.7 Å².